The zero-order valence-corrected chi connectivity index (χ0v) is 32.8. The first-order valence-corrected chi connectivity index (χ1v) is 20.9. The van der Waals surface area contributed by atoms with Crippen LogP contribution in [0.2, 0.25) is 0 Å². The molecule has 59 heavy (non-hydrogen) atoms. The van der Waals surface area contributed by atoms with Crippen molar-refractivity contribution >= 4 is 92.1 Å². The van der Waals surface area contributed by atoms with Gasteiger partial charge in [0.2, 0.25) is 0 Å². The highest BCUT2D eigenvalue weighted by molar-refractivity contribution is 7.25. The molecule has 0 saturated heterocycles. The van der Waals surface area contributed by atoms with E-state index in [2.05, 4.69) is 217 Å². The zero-order chi connectivity index (χ0) is 38.9. The van der Waals surface area contributed by atoms with E-state index in [9.17, 15) is 0 Å². The summed E-state index contributed by atoms with van der Waals surface area (Å²) < 4.78 is 9.27. The topological polar surface area (TPSA) is 16.4 Å². The Hall–Kier alpha value is -7.46. The average molecular weight is 770 g/mol. The SMILES string of the molecule is c1ccc(-c2ccc(N(c3ccccc3-c3ccc4sc5ccccc5c4c3)c3ccc4oc5ccccc5c4c3-c3cc4ccccc4c4ccccc34)cc2)cc1. The van der Waals surface area contributed by atoms with Gasteiger partial charge in [-0.1, -0.05) is 152 Å². The Morgan fingerprint density at radius 2 is 1.00 bits per heavy atom. The van der Waals surface area contributed by atoms with Crippen LogP contribution in [0, 0.1) is 0 Å². The predicted octanol–water partition coefficient (Wildman–Crippen LogP) is 16.7. The van der Waals surface area contributed by atoms with E-state index in [-0.39, 0.29) is 0 Å². The van der Waals surface area contributed by atoms with Crippen molar-refractivity contribution in [1.82, 2.24) is 0 Å². The number of fused-ring (bicyclic) bond motifs is 9. The standard InChI is InChI=1S/C56H35NOS/c1-2-14-36(15-3-1)37-26-29-40(30-27-37)57(49-23-11-8-18-42(49)39-28-33-54-47(34-39)45-21-10-13-25-53(45)59-54)50-31-32-52-56(46-22-9-12-24-51(46)58-52)55(50)48-35-38-16-4-5-17-41(38)43-19-6-7-20-44(43)48/h1-35H. The largest absolute Gasteiger partial charge is 0.456 e. The predicted molar refractivity (Wildman–Crippen MR) is 253 cm³/mol. The number of anilines is 3. The van der Waals surface area contributed by atoms with Gasteiger partial charge in [-0.15, -0.1) is 11.3 Å². The summed E-state index contributed by atoms with van der Waals surface area (Å²) >= 11 is 1.85. The molecular formula is C56H35NOS. The molecule has 0 fully saturated rings. The number of thiophene rings is 1. The van der Waals surface area contributed by atoms with E-state index in [0.29, 0.717) is 0 Å². The van der Waals surface area contributed by atoms with Gasteiger partial charge in [0.05, 0.1) is 11.4 Å². The van der Waals surface area contributed by atoms with Crippen molar-refractivity contribution in [2.24, 2.45) is 0 Å². The second kappa shape index (κ2) is 13.6. The smallest absolute Gasteiger partial charge is 0.136 e. The summed E-state index contributed by atoms with van der Waals surface area (Å²) in [5, 5.41) is 9.65. The van der Waals surface area contributed by atoms with Gasteiger partial charge >= 0.3 is 0 Å². The third kappa shape index (κ3) is 5.47. The van der Waals surface area contributed by atoms with Gasteiger partial charge in [-0.05, 0) is 104 Å². The molecule has 12 rings (SSSR count). The van der Waals surface area contributed by atoms with Gasteiger partial charge in [0.25, 0.3) is 0 Å². The second-order valence-corrected chi connectivity index (χ2v) is 16.3. The third-order valence-electron chi connectivity index (χ3n) is 11.9. The van der Waals surface area contributed by atoms with Gasteiger partial charge in [0.15, 0.2) is 0 Å². The van der Waals surface area contributed by atoms with Crippen molar-refractivity contribution in [3.63, 3.8) is 0 Å². The number of hydrogen-bond donors (Lipinski definition) is 0. The summed E-state index contributed by atoms with van der Waals surface area (Å²) in [6.07, 6.45) is 0. The molecule has 0 bridgehead atoms. The molecule has 2 nitrogen and oxygen atoms in total. The maximum Gasteiger partial charge on any atom is 0.136 e. The van der Waals surface area contributed by atoms with E-state index in [0.717, 1.165) is 50.1 Å². The molecule has 0 saturated carbocycles. The van der Waals surface area contributed by atoms with E-state index in [1.807, 2.05) is 11.3 Å². The first-order valence-electron chi connectivity index (χ1n) is 20.1. The van der Waals surface area contributed by atoms with E-state index >= 15 is 0 Å². The molecule has 10 aromatic carbocycles. The molecule has 3 heteroatoms. The Morgan fingerprint density at radius 1 is 0.356 bits per heavy atom. The van der Waals surface area contributed by atoms with Crippen LogP contribution in [0.25, 0.3) is 97.0 Å². The second-order valence-electron chi connectivity index (χ2n) is 15.2. The quantitative estimate of drug-likeness (QED) is 0.157. The maximum absolute atomic E-state index is 6.67. The molecule has 2 heterocycles. The van der Waals surface area contributed by atoms with Crippen molar-refractivity contribution < 1.29 is 4.42 Å². The number of rotatable bonds is 6. The van der Waals surface area contributed by atoms with E-state index in [1.165, 1.54) is 64.0 Å². The fourth-order valence-corrected chi connectivity index (χ4v) is 10.3. The molecular weight excluding hydrogens is 735 g/mol. The van der Waals surface area contributed by atoms with Crippen LogP contribution in [0.5, 0.6) is 0 Å². The van der Waals surface area contributed by atoms with E-state index < -0.39 is 0 Å². The van der Waals surface area contributed by atoms with Crippen LogP contribution < -0.4 is 4.90 Å². The van der Waals surface area contributed by atoms with Crippen LogP contribution in [-0.4, -0.2) is 0 Å². The number of nitrogens with zero attached hydrogens (tertiary/aromatic N) is 1. The van der Waals surface area contributed by atoms with Crippen LogP contribution in [-0.2, 0) is 0 Å². The molecule has 0 radical (unpaired) electrons. The van der Waals surface area contributed by atoms with Gasteiger partial charge in [-0.25, -0.2) is 0 Å². The molecule has 276 valence electrons. The van der Waals surface area contributed by atoms with Crippen LogP contribution in [0.15, 0.2) is 217 Å². The van der Waals surface area contributed by atoms with Crippen molar-refractivity contribution in [2.75, 3.05) is 4.90 Å². The van der Waals surface area contributed by atoms with Crippen LogP contribution >= 0.6 is 11.3 Å². The molecule has 12 aromatic rings. The zero-order valence-electron chi connectivity index (χ0n) is 32.0. The molecule has 0 aliphatic heterocycles. The van der Waals surface area contributed by atoms with Crippen molar-refractivity contribution in [3.05, 3.63) is 212 Å². The van der Waals surface area contributed by atoms with Gasteiger partial charge < -0.3 is 9.32 Å². The molecule has 0 spiro atoms. The van der Waals surface area contributed by atoms with Gasteiger partial charge in [0, 0.05) is 47.8 Å². The number of para-hydroxylation sites is 2. The lowest BCUT2D eigenvalue weighted by Gasteiger charge is -2.30. The fourth-order valence-electron chi connectivity index (χ4n) is 9.17. The summed E-state index contributed by atoms with van der Waals surface area (Å²) in [5.41, 5.74) is 12.0. The van der Waals surface area contributed by atoms with Crippen LogP contribution in [0.4, 0.5) is 17.1 Å². The highest BCUT2D eigenvalue weighted by Gasteiger charge is 2.26. The highest BCUT2D eigenvalue weighted by Crippen LogP contribution is 2.51. The number of furan rings is 1. The average Bonchev–Trinajstić information content (AvgIpc) is 3.88. The first kappa shape index (κ1) is 33.7. The summed E-state index contributed by atoms with van der Waals surface area (Å²) in [5.74, 6) is 0. The molecule has 2 aromatic heterocycles. The van der Waals surface area contributed by atoms with Gasteiger partial charge in [-0.2, -0.15) is 0 Å². The number of benzene rings is 10. The summed E-state index contributed by atoms with van der Waals surface area (Å²) in [7, 11) is 0. The maximum atomic E-state index is 6.67. The van der Waals surface area contributed by atoms with Crippen LogP contribution in [0.3, 0.4) is 0 Å². The minimum absolute atomic E-state index is 0.865. The van der Waals surface area contributed by atoms with Crippen molar-refractivity contribution in [1.29, 1.82) is 0 Å². The number of hydrogen-bond acceptors (Lipinski definition) is 3. The Bertz CT molecular complexity index is 3560. The molecule has 0 aliphatic carbocycles. The minimum Gasteiger partial charge on any atom is -0.456 e. The Kier molecular flexibility index (Phi) is 7.75. The van der Waals surface area contributed by atoms with E-state index in [1.54, 1.807) is 0 Å². The monoisotopic (exact) mass is 769 g/mol. The minimum atomic E-state index is 0.865. The normalized spacial score (nSPS) is 11.7. The Morgan fingerprint density at radius 3 is 1.86 bits per heavy atom. The van der Waals surface area contributed by atoms with Gasteiger partial charge in [0.1, 0.15) is 11.2 Å². The molecule has 0 amide bonds. The molecule has 0 aliphatic rings. The lowest BCUT2D eigenvalue weighted by atomic mass is 9.89. The molecule has 0 atom stereocenters. The lowest BCUT2D eigenvalue weighted by Crippen LogP contribution is -2.12. The molecule has 0 N–H and O–H groups in total. The lowest BCUT2D eigenvalue weighted by molar-refractivity contribution is 0.669. The van der Waals surface area contributed by atoms with Gasteiger partial charge in [-0.3, -0.25) is 0 Å². The summed E-state index contributed by atoms with van der Waals surface area (Å²) in [6.45, 7) is 0. The summed E-state index contributed by atoms with van der Waals surface area (Å²) in [6, 6.07) is 77.1. The first-order chi connectivity index (χ1) is 29.3. The van der Waals surface area contributed by atoms with Crippen molar-refractivity contribution in [2.45, 2.75) is 0 Å². The molecule has 0 unspecified atom stereocenters. The fraction of sp³-hybridized carbons (Fsp3) is 0. The summed E-state index contributed by atoms with van der Waals surface area (Å²) in [4.78, 5) is 2.47. The Labute approximate surface area is 345 Å². The van der Waals surface area contributed by atoms with E-state index in [4.69, 9.17) is 4.42 Å². The Balaban J connectivity index is 1.18. The highest BCUT2D eigenvalue weighted by atomic mass is 32.1. The van der Waals surface area contributed by atoms with Crippen molar-refractivity contribution in [3.8, 4) is 33.4 Å². The third-order valence-corrected chi connectivity index (χ3v) is 13.0. The van der Waals surface area contributed by atoms with Crippen LogP contribution in [0.1, 0.15) is 0 Å².